The molecule has 6 heteroatoms. The Morgan fingerprint density at radius 3 is 1.31 bits per heavy atom. The number of rotatable bonds is 4. The Labute approximate surface area is 167 Å². The van der Waals surface area contributed by atoms with E-state index in [0.29, 0.717) is 20.4 Å². The van der Waals surface area contributed by atoms with E-state index in [9.17, 15) is 9.59 Å². The molecule has 0 radical (unpaired) electrons. The van der Waals surface area contributed by atoms with Crippen molar-refractivity contribution in [2.24, 2.45) is 0 Å². The van der Waals surface area contributed by atoms with E-state index in [2.05, 4.69) is 31.9 Å². The zero-order chi connectivity index (χ0) is 18.5. The van der Waals surface area contributed by atoms with Gasteiger partial charge in [-0.3, -0.25) is 0 Å². The van der Waals surface area contributed by atoms with Crippen molar-refractivity contribution in [2.45, 2.75) is 0 Å². The fourth-order valence-corrected chi connectivity index (χ4v) is 3.17. The number of carbonyl (C=O) groups is 2. The summed E-state index contributed by atoms with van der Waals surface area (Å²) in [7, 11) is 0. The molecule has 26 heavy (non-hydrogen) atoms. The molecule has 3 aromatic carbocycles. The van der Waals surface area contributed by atoms with Crippen molar-refractivity contribution in [3.63, 3.8) is 0 Å². The minimum Gasteiger partial charge on any atom is -0.423 e. The van der Waals surface area contributed by atoms with Crippen LogP contribution in [-0.2, 0) is 0 Å². The lowest BCUT2D eigenvalue weighted by Gasteiger charge is -2.10. The zero-order valence-corrected chi connectivity index (χ0v) is 16.5. The Morgan fingerprint density at radius 1 is 0.615 bits per heavy atom. The highest BCUT2D eigenvalue weighted by molar-refractivity contribution is 9.11. The molecule has 0 aliphatic heterocycles. The number of ether oxygens (including phenoxy) is 2. The number of carbonyl (C=O) groups excluding carboxylic acids is 2. The van der Waals surface area contributed by atoms with Gasteiger partial charge in [0, 0.05) is 8.95 Å². The van der Waals surface area contributed by atoms with E-state index < -0.39 is 11.9 Å². The van der Waals surface area contributed by atoms with Gasteiger partial charge in [0.2, 0.25) is 0 Å². The van der Waals surface area contributed by atoms with E-state index in [1.165, 1.54) is 12.1 Å². The fourth-order valence-electron chi connectivity index (χ4n) is 2.16. The van der Waals surface area contributed by atoms with Crippen molar-refractivity contribution in [3.8, 4) is 11.5 Å². The van der Waals surface area contributed by atoms with Gasteiger partial charge in [0.05, 0.1) is 11.1 Å². The molecule has 4 nitrogen and oxygen atoms in total. The van der Waals surface area contributed by atoms with Crippen LogP contribution < -0.4 is 9.47 Å². The Kier molecular flexibility index (Phi) is 5.85. The maximum atomic E-state index is 12.4. The number of halogens is 2. The molecule has 0 aromatic heterocycles. The first-order valence-corrected chi connectivity index (χ1v) is 9.16. The molecule has 3 rings (SSSR count). The van der Waals surface area contributed by atoms with Crippen LogP contribution in [0.4, 0.5) is 0 Å². The van der Waals surface area contributed by atoms with E-state index in [-0.39, 0.29) is 11.1 Å². The Balaban J connectivity index is 1.81. The van der Waals surface area contributed by atoms with Crippen LogP contribution in [0, 0.1) is 0 Å². The molecule has 130 valence electrons. The minimum absolute atomic E-state index is 0.289. The maximum Gasteiger partial charge on any atom is 0.344 e. The lowest BCUT2D eigenvalue weighted by atomic mass is 10.1. The second kappa shape index (κ2) is 8.29. The van der Waals surface area contributed by atoms with Gasteiger partial charge in [0.15, 0.2) is 0 Å². The molecular formula is C20H12Br2O4. The Morgan fingerprint density at radius 2 is 0.962 bits per heavy atom. The molecule has 0 unspecified atom stereocenters. The quantitative estimate of drug-likeness (QED) is 0.361. The number of esters is 2. The number of benzene rings is 3. The number of para-hydroxylation sites is 2. The summed E-state index contributed by atoms with van der Waals surface area (Å²) in [5.41, 5.74) is 0.578. The first-order valence-electron chi connectivity index (χ1n) is 7.58. The highest BCUT2D eigenvalue weighted by atomic mass is 79.9. The van der Waals surface area contributed by atoms with Gasteiger partial charge in [0.1, 0.15) is 11.5 Å². The standard InChI is InChI=1S/C20H12Br2O4/c21-17-12-16(20(24)26-14-9-5-2-6-10-14)18(22)11-15(17)19(23)25-13-7-3-1-4-8-13/h1-12H. The minimum atomic E-state index is -0.535. The van der Waals surface area contributed by atoms with Gasteiger partial charge in [-0.05, 0) is 68.3 Å². The van der Waals surface area contributed by atoms with Crippen molar-refractivity contribution < 1.29 is 19.1 Å². The lowest BCUT2D eigenvalue weighted by molar-refractivity contribution is 0.0719. The van der Waals surface area contributed by atoms with Crippen molar-refractivity contribution in [1.29, 1.82) is 0 Å². The summed E-state index contributed by atoms with van der Waals surface area (Å²) in [4.78, 5) is 24.7. The van der Waals surface area contributed by atoms with E-state index in [1.807, 2.05) is 12.1 Å². The molecule has 0 bridgehead atoms. The van der Waals surface area contributed by atoms with Crippen LogP contribution in [0.15, 0.2) is 81.7 Å². The molecule has 0 spiro atoms. The summed E-state index contributed by atoms with van der Waals surface area (Å²) in [6.07, 6.45) is 0. The van der Waals surface area contributed by atoms with Crippen LogP contribution in [0.3, 0.4) is 0 Å². The lowest BCUT2D eigenvalue weighted by Crippen LogP contribution is -2.13. The molecule has 0 aliphatic rings. The molecular weight excluding hydrogens is 464 g/mol. The smallest absolute Gasteiger partial charge is 0.344 e. The van der Waals surface area contributed by atoms with E-state index in [0.717, 1.165) is 0 Å². The molecule has 0 amide bonds. The first-order chi connectivity index (χ1) is 12.5. The molecule has 0 heterocycles. The number of hydrogen-bond acceptors (Lipinski definition) is 4. The normalized spacial score (nSPS) is 10.2. The van der Waals surface area contributed by atoms with Crippen molar-refractivity contribution in [2.75, 3.05) is 0 Å². The average molecular weight is 476 g/mol. The predicted octanol–water partition coefficient (Wildman–Crippen LogP) is 5.65. The van der Waals surface area contributed by atoms with Gasteiger partial charge >= 0.3 is 11.9 Å². The predicted molar refractivity (Wildman–Crippen MR) is 105 cm³/mol. The Bertz CT molecular complexity index is 862. The average Bonchev–Trinajstić information content (AvgIpc) is 2.64. The SMILES string of the molecule is O=C(Oc1ccccc1)c1cc(Br)c(C(=O)Oc2ccccc2)cc1Br. The third kappa shape index (κ3) is 4.39. The zero-order valence-electron chi connectivity index (χ0n) is 13.3. The highest BCUT2D eigenvalue weighted by Gasteiger charge is 2.20. The van der Waals surface area contributed by atoms with E-state index in [4.69, 9.17) is 9.47 Å². The van der Waals surface area contributed by atoms with Gasteiger partial charge < -0.3 is 9.47 Å². The van der Waals surface area contributed by atoms with E-state index >= 15 is 0 Å². The molecule has 0 fully saturated rings. The summed E-state index contributed by atoms with van der Waals surface area (Å²) in [6, 6.07) is 20.6. The maximum absolute atomic E-state index is 12.4. The largest absolute Gasteiger partial charge is 0.423 e. The van der Waals surface area contributed by atoms with Crippen molar-refractivity contribution in [3.05, 3.63) is 92.9 Å². The van der Waals surface area contributed by atoms with Crippen molar-refractivity contribution in [1.82, 2.24) is 0 Å². The number of hydrogen-bond donors (Lipinski definition) is 0. The fraction of sp³-hybridized carbons (Fsp3) is 0. The van der Waals surface area contributed by atoms with Crippen LogP contribution in [0.1, 0.15) is 20.7 Å². The highest BCUT2D eigenvalue weighted by Crippen LogP contribution is 2.28. The molecule has 0 aliphatic carbocycles. The summed E-state index contributed by atoms with van der Waals surface area (Å²) in [5.74, 6) is -0.195. The summed E-state index contributed by atoms with van der Waals surface area (Å²) < 4.78 is 11.5. The second-order valence-corrected chi connectivity index (χ2v) is 6.93. The first kappa shape index (κ1) is 18.4. The monoisotopic (exact) mass is 474 g/mol. The summed E-state index contributed by atoms with van der Waals surface area (Å²) >= 11 is 6.64. The van der Waals surface area contributed by atoms with Crippen LogP contribution >= 0.6 is 31.9 Å². The summed E-state index contributed by atoms with van der Waals surface area (Å²) in [6.45, 7) is 0. The van der Waals surface area contributed by atoms with Gasteiger partial charge in [-0.25, -0.2) is 9.59 Å². The topological polar surface area (TPSA) is 52.6 Å². The van der Waals surface area contributed by atoms with Crippen LogP contribution in [0.5, 0.6) is 11.5 Å². The van der Waals surface area contributed by atoms with Crippen LogP contribution in [0.2, 0.25) is 0 Å². The van der Waals surface area contributed by atoms with Crippen LogP contribution in [0.25, 0.3) is 0 Å². The van der Waals surface area contributed by atoms with Gasteiger partial charge in [-0.15, -0.1) is 0 Å². The molecule has 0 saturated carbocycles. The third-order valence-corrected chi connectivity index (χ3v) is 4.72. The molecule has 3 aromatic rings. The van der Waals surface area contributed by atoms with Gasteiger partial charge in [-0.2, -0.15) is 0 Å². The van der Waals surface area contributed by atoms with E-state index in [1.54, 1.807) is 48.5 Å². The van der Waals surface area contributed by atoms with Gasteiger partial charge in [-0.1, -0.05) is 36.4 Å². The Hall–Kier alpha value is -2.44. The van der Waals surface area contributed by atoms with Crippen molar-refractivity contribution >= 4 is 43.8 Å². The second-order valence-electron chi connectivity index (χ2n) is 5.22. The summed E-state index contributed by atoms with van der Waals surface area (Å²) in [5, 5.41) is 0. The van der Waals surface area contributed by atoms with Crippen LogP contribution in [-0.4, -0.2) is 11.9 Å². The third-order valence-electron chi connectivity index (χ3n) is 3.40. The van der Waals surface area contributed by atoms with Gasteiger partial charge in [0.25, 0.3) is 0 Å². The molecule has 0 N–H and O–H groups in total. The molecule has 0 atom stereocenters. The molecule has 0 saturated heterocycles.